The molecule has 0 bridgehead atoms. The minimum atomic E-state index is -0.237. The second-order valence-electron chi connectivity index (χ2n) is 4.20. The number of nitrogens with zero attached hydrogens (tertiary/aromatic N) is 2. The van der Waals surface area contributed by atoms with Gasteiger partial charge in [-0.05, 0) is 19.9 Å². The van der Waals surface area contributed by atoms with Crippen molar-refractivity contribution in [1.82, 2.24) is 10.3 Å². The lowest BCUT2D eigenvalue weighted by Gasteiger charge is -2.37. The summed E-state index contributed by atoms with van der Waals surface area (Å²) in [6, 6.07) is 2.52. The van der Waals surface area contributed by atoms with Crippen LogP contribution in [0.25, 0.3) is 0 Å². The van der Waals surface area contributed by atoms with Crippen LogP contribution in [0, 0.1) is 5.82 Å². The molecular weight excluding hydrogens is 193 g/mol. The third kappa shape index (κ3) is 2.26. The first kappa shape index (κ1) is 10.4. The van der Waals surface area contributed by atoms with Gasteiger partial charge in [-0.1, -0.05) is 0 Å². The smallest absolute Gasteiger partial charge is 0.164 e. The first-order valence-corrected chi connectivity index (χ1v) is 5.27. The highest BCUT2D eigenvalue weighted by Crippen LogP contribution is 2.20. The van der Waals surface area contributed by atoms with Crippen LogP contribution in [-0.2, 0) is 0 Å². The molecule has 4 heteroatoms. The van der Waals surface area contributed by atoms with Gasteiger partial charge in [0.1, 0.15) is 0 Å². The third-order valence-corrected chi connectivity index (χ3v) is 2.65. The number of nitrogens with one attached hydrogen (secondary N) is 1. The molecule has 1 fully saturated rings. The van der Waals surface area contributed by atoms with E-state index in [9.17, 15) is 4.39 Å². The summed E-state index contributed by atoms with van der Waals surface area (Å²) in [4.78, 5) is 5.83. The van der Waals surface area contributed by atoms with Crippen LogP contribution in [0.5, 0.6) is 0 Å². The standard InChI is InChI=1S/C11H16FN3/c1-8-6-15(7-9(2)14-8)11-3-4-13-5-10(11)12/h3-5,8-9,14H,6-7H2,1-2H3/t8-,9-/m1/s1. The number of hydrogen-bond donors (Lipinski definition) is 1. The summed E-state index contributed by atoms with van der Waals surface area (Å²) in [6.45, 7) is 5.90. The minimum Gasteiger partial charge on any atom is -0.366 e. The fourth-order valence-corrected chi connectivity index (χ4v) is 2.15. The van der Waals surface area contributed by atoms with E-state index in [0.29, 0.717) is 17.8 Å². The van der Waals surface area contributed by atoms with Crippen LogP contribution in [0.15, 0.2) is 18.5 Å². The lowest BCUT2D eigenvalue weighted by molar-refractivity contribution is 0.403. The van der Waals surface area contributed by atoms with Gasteiger partial charge in [-0.2, -0.15) is 0 Å². The third-order valence-electron chi connectivity index (χ3n) is 2.65. The van der Waals surface area contributed by atoms with Crippen molar-refractivity contribution in [1.29, 1.82) is 0 Å². The van der Waals surface area contributed by atoms with Gasteiger partial charge in [0.2, 0.25) is 0 Å². The van der Waals surface area contributed by atoms with E-state index in [-0.39, 0.29) is 5.82 Å². The van der Waals surface area contributed by atoms with Crippen LogP contribution in [0.4, 0.5) is 10.1 Å². The maximum Gasteiger partial charge on any atom is 0.164 e. The molecular formula is C11H16FN3. The molecule has 0 amide bonds. The normalized spacial score (nSPS) is 26.7. The van der Waals surface area contributed by atoms with E-state index in [1.165, 1.54) is 6.20 Å². The van der Waals surface area contributed by atoms with Crippen LogP contribution in [0.3, 0.4) is 0 Å². The molecule has 0 unspecified atom stereocenters. The molecule has 82 valence electrons. The van der Waals surface area contributed by atoms with Gasteiger partial charge in [0, 0.05) is 31.4 Å². The SMILES string of the molecule is C[C@@H]1CN(c2ccncc2F)C[C@@H](C)N1. The average molecular weight is 209 g/mol. The Labute approximate surface area is 89.3 Å². The summed E-state index contributed by atoms with van der Waals surface area (Å²) in [6.07, 6.45) is 2.91. The van der Waals surface area contributed by atoms with E-state index in [1.54, 1.807) is 12.3 Å². The molecule has 1 aromatic rings. The molecule has 15 heavy (non-hydrogen) atoms. The Morgan fingerprint density at radius 1 is 1.40 bits per heavy atom. The van der Waals surface area contributed by atoms with E-state index in [0.717, 1.165) is 13.1 Å². The van der Waals surface area contributed by atoms with Crippen LogP contribution in [0.1, 0.15) is 13.8 Å². The number of piperazine rings is 1. The Balaban J connectivity index is 2.20. The number of halogens is 1. The predicted molar refractivity (Wildman–Crippen MR) is 58.5 cm³/mol. The highest BCUT2D eigenvalue weighted by Gasteiger charge is 2.22. The molecule has 1 N–H and O–H groups in total. The Morgan fingerprint density at radius 3 is 2.67 bits per heavy atom. The number of hydrogen-bond acceptors (Lipinski definition) is 3. The highest BCUT2D eigenvalue weighted by molar-refractivity contribution is 5.47. The average Bonchev–Trinajstić information content (AvgIpc) is 2.16. The quantitative estimate of drug-likeness (QED) is 0.758. The molecule has 3 nitrogen and oxygen atoms in total. The monoisotopic (exact) mass is 209 g/mol. The zero-order valence-electron chi connectivity index (χ0n) is 9.07. The lowest BCUT2D eigenvalue weighted by atomic mass is 10.1. The molecule has 2 heterocycles. The van der Waals surface area contributed by atoms with Gasteiger partial charge in [-0.3, -0.25) is 4.98 Å². The van der Waals surface area contributed by atoms with Gasteiger partial charge in [-0.25, -0.2) is 4.39 Å². The first-order chi connectivity index (χ1) is 7.16. The molecule has 2 rings (SSSR count). The molecule has 0 aliphatic carbocycles. The summed E-state index contributed by atoms with van der Waals surface area (Å²) in [5.74, 6) is -0.237. The number of anilines is 1. The van der Waals surface area contributed by atoms with Crippen LogP contribution in [0.2, 0.25) is 0 Å². The van der Waals surface area contributed by atoms with Crippen molar-refractivity contribution in [2.45, 2.75) is 25.9 Å². The second kappa shape index (κ2) is 4.14. The Hall–Kier alpha value is -1.16. The minimum absolute atomic E-state index is 0.237. The Bertz CT molecular complexity index is 332. The second-order valence-corrected chi connectivity index (χ2v) is 4.20. The summed E-state index contributed by atoms with van der Waals surface area (Å²) < 4.78 is 13.5. The molecule has 1 saturated heterocycles. The largest absolute Gasteiger partial charge is 0.366 e. The van der Waals surface area contributed by atoms with E-state index in [2.05, 4.69) is 29.0 Å². The van der Waals surface area contributed by atoms with Crippen LogP contribution < -0.4 is 10.2 Å². The van der Waals surface area contributed by atoms with Gasteiger partial charge in [-0.15, -0.1) is 0 Å². The van der Waals surface area contributed by atoms with Gasteiger partial charge < -0.3 is 10.2 Å². The van der Waals surface area contributed by atoms with Gasteiger partial charge in [0.25, 0.3) is 0 Å². The topological polar surface area (TPSA) is 28.2 Å². The lowest BCUT2D eigenvalue weighted by Crippen LogP contribution is -2.54. The molecule has 1 aliphatic rings. The van der Waals surface area contributed by atoms with E-state index in [4.69, 9.17) is 0 Å². The zero-order chi connectivity index (χ0) is 10.8. The Morgan fingerprint density at radius 2 is 2.07 bits per heavy atom. The van der Waals surface area contributed by atoms with Crippen molar-refractivity contribution < 1.29 is 4.39 Å². The summed E-state index contributed by atoms with van der Waals surface area (Å²) >= 11 is 0. The number of aromatic nitrogens is 1. The molecule has 0 spiro atoms. The summed E-state index contributed by atoms with van der Waals surface area (Å²) in [7, 11) is 0. The van der Waals surface area contributed by atoms with Crippen molar-refractivity contribution >= 4 is 5.69 Å². The maximum absolute atomic E-state index is 13.5. The fourth-order valence-electron chi connectivity index (χ4n) is 2.15. The van der Waals surface area contributed by atoms with E-state index >= 15 is 0 Å². The molecule has 2 atom stereocenters. The van der Waals surface area contributed by atoms with Crippen LogP contribution in [-0.4, -0.2) is 30.2 Å². The van der Waals surface area contributed by atoms with Crippen molar-refractivity contribution in [2.75, 3.05) is 18.0 Å². The summed E-state index contributed by atoms with van der Waals surface area (Å²) in [5.41, 5.74) is 0.658. The zero-order valence-corrected chi connectivity index (χ0v) is 9.07. The van der Waals surface area contributed by atoms with Gasteiger partial charge >= 0.3 is 0 Å². The molecule has 0 radical (unpaired) electrons. The molecule has 0 aromatic carbocycles. The predicted octanol–water partition coefficient (Wildman–Crippen LogP) is 1.41. The van der Waals surface area contributed by atoms with E-state index < -0.39 is 0 Å². The number of pyridine rings is 1. The van der Waals surface area contributed by atoms with Crippen LogP contribution >= 0.6 is 0 Å². The van der Waals surface area contributed by atoms with Gasteiger partial charge in [0.05, 0.1) is 11.9 Å². The van der Waals surface area contributed by atoms with Crippen molar-refractivity contribution in [3.8, 4) is 0 Å². The number of rotatable bonds is 1. The first-order valence-electron chi connectivity index (χ1n) is 5.27. The molecule has 0 saturated carbocycles. The van der Waals surface area contributed by atoms with Gasteiger partial charge in [0.15, 0.2) is 5.82 Å². The highest BCUT2D eigenvalue weighted by atomic mass is 19.1. The maximum atomic E-state index is 13.5. The Kier molecular flexibility index (Phi) is 2.86. The summed E-state index contributed by atoms with van der Waals surface area (Å²) in [5, 5.41) is 3.42. The van der Waals surface area contributed by atoms with Crippen molar-refractivity contribution in [3.63, 3.8) is 0 Å². The van der Waals surface area contributed by atoms with Crippen molar-refractivity contribution in [2.24, 2.45) is 0 Å². The molecule has 1 aliphatic heterocycles. The molecule has 1 aromatic heterocycles. The fraction of sp³-hybridized carbons (Fsp3) is 0.545. The van der Waals surface area contributed by atoms with Crippen molar-refractivity contribution in [3.05, 3.63) is 24.3 Å². The van der Waals surface area contributed by atoms with E-state index in [1.807, 2.05) is 0 Å².